The van der Waals surface area contributed by atoms with Gasteiger partial charge in [0.25, 0.3) is 0 Å². The van der Waals surface area contributed by atoms with Crippen molar-refractivity contribution in [3.05, 3.63) is 78.0 Å². The third-order valence-corrected chi connectivity index (χ3v) is 6.27. The lowest BCUT2D eigenvalue weighted by molar-refractivity contribution is 0.112. The predicted molar refractivity (Wildman–Crippen MR) is 135 cm³/mol. The van der Waals surface area contributed by atoms with E-state index in [1.54, 1.807) is 0 Å². The maximum Gasteiger partial charge on any atom is 0.227 e. The van der Waals surface area contributed by atoms with Gasteiger partial charge in [-0.3, -0.25) is 4.79 Å². The number of nitrogens with zero attached hydrogens (tertiary/aromatic N) is 4. The molecule has 1 saturated heterocycles. The number of fused-ring (bicyclic) bond motifs is 1. The van der Waals surface area contributed by atoms with E-state index >= 15 is 0 Å². The van der Waals surface area contributed by atoms with Crippen LogP contribution < -0.4 is 10.2 Å². The number of likely N-dealkylation sites (N-methyl/N-ethyl adjacent to an activating group) is 1. The lowest BCUT2D eigenvalue weighted by Crippen LogP contribution is -2.44. The molecule has 6 nitrogen and oxygen atoms in total. The molecule has 166 valence electrons. The molecule has 0 radical (unpaired) electrons. The number of aromatic nitrogens is 2. The van der Waals surface area contributed by atoms with E-state index in [0.29, 0.717) is 11.5 Å². The Kier molecular flexibility index (Phi) is 5.75. The van der Waals surface area contributed by atoms with Gasteiger partial charge in [0.05, 0.1) is 5.52 Å². The molecule has 0 unspecified atom stereocenters. The van der Waals surface area contributed by atoms with Crippen molar-refractivity contribution in [2.75, 3.05) is 43.4 Å². The molecule has 0 saturated carbocycles. The zero-order chi connectivity index (χ0) is 22.8. The molecule has 0 aliphatic carbocycles. The van der Waals surface area contributed by atoms with E-state index in [1.165, 1.54) is 11.3 Å². The molecule has 2 heterocycles. The zero-order valence-corrected chi connectivity index (χ0v) is 19.0. The van der Waals surface area contributed by atoms with E-state index in [4.69, 9.17) is 4.98 Å². The second kappa shape index (κ2) is 9.00. The van der Waals surface area contributed by atoms with Crippen LogP contribution in [0.5, 0.6) is 0 Å². The Labute approximate surface area is 193 Å². The van der Waals surface area contributed by atoms with Crippen LogP contribution in [0.15, 0.2) is 66.9 Å². The topological polar surface area (TPSA) is 61.4 Å². The summed E-state index contributed by atoms with van der Waals surface area (Å²) in [5.74, 6) is 0.561. The molecular weight excluding hydrogens is 410 g/mol. The van der Waals surface area contributed by atoms with Gasteiger partial charge in [-0.2, -0.15) is 0 Å². The van der Waals surface area contributed by atoms with Crippen molar-refractivity contribution in [2.24, 2.45) is 0 Å². The smallest absolute Gasteiger partial charge is 0.227 e. The van der Waals surface area contributed by atoms with Gasteiger partial charge in [0.1, 0.15) is 6.29 Å². The van der Waals surface area contributed by atoms with E-state index in [2.05, 4.69) is 52.3 Å². The predicted octanol–water partition coefficient (Wildman–Crippen LogP) is 4.91. The van der Waals surface area contributed by atoms with Crippen LogP contribution in [0.2, 0.25) is 0 Å². The maximum absolute atomic E-state index is 11.0. The minimum atomic E-state index is 0.561. The van der Waals surface area contributed by atoms with E-state index in [9.17, 15) is 4.79 Å². The monoisotopic (exact) mass is 437 g/mol. The number of aldehydes is 1. The van der Waals surface area contributed by atoms with Gasteiger partial charge < -0.3 is 15.1 Å². The number of hydrogen-bond acceptors (Lipinski definition) is 6. The average Bonchev–Trinajstić information content (AvgIpc) is 2.85. The molecule has 5 rings (SSSR count). The van der Waals surface area contributed by atoms with Crippen LogP contribution in [0.1, 0.15) is 15.9 Å². The quantitative estimate of drug-likeness (QED) is 0.448. The van der Waals surface area contributed by atoms with Crippen LogP contribution in [0.3, 0.4) is 0 Å². The number of carbonyl (C=O) groups excluding carboxylic acids is 1. The maximum atomic E-state index is 11.0. The Morgan fingerprint density at radius 2 is 1.76 bits per heavy atom. The number of nitrogens with one attached hydrogen (secondary N) is 1. The molecule has 4 aromatic rings. The Balaban J connectivity index is 1.42. The molecule has 1 aliphatic rings. The Morgan fingerprint density at radius 1 is 0.970 bits per heavy atom. The summed E-state index contributed by atoms with van der Waals surface area (Å²) >= 11 is 0. The lowest BCUT2D eigenvalue weighted by atomic mass is 10.0. The third-order valence-electron chi connectivity index (χ3n) is 6.27. The highest BCUT2D eigenvalue weighted by Gasteiger charge is 2.16. The van der Waals surface area contributed by atoms with Gasteiger partial charge in [-0.25, -0.2) is 9.97 Å². The number of rotatable bonds is 5. The van der Waals surface area contributed by atoms with E-state index in [-0.39, 0.29) is 0 Å². The van der Waals surface area contributed by atoms with Gasteiger partial charge in [0.2, 0.25) is 5.95 Å². The lowest BCUT2D eigenvalue weighted by Gasteiger charge is -2.35. The first-order valence-electron chi connectivity index (χ1n) is 11.2. The summed E-state index contributed by atoms with van der Waals surface area (Å²) in [5.41, 5.74) is 7.05. The molecule has 33 heavy (non-hydrogen) atoms. The van der Waals surface area contributed by atoms with Crippen LogP contribution in [0, 0.1) is 6.92 Å². The van der Waals surface area contributed by atoms with Crippen LogP contribution in [0.4, 0.5) is 17.3 Å². The second-order valence-corrected chi connectivity index (χ2v) is 8.59. The normalized spacial score (nSPS) is 14.4. The van der Waals surface area contributed by atoms with Crippen molar-refractivity contribution in [3.63, 3.8) is 0 Å². The van der Waals surface area contributed by atoms with Gasteiger partial charge in [-0.1, -0.05) is 42.5 Å². The summed E-state index contributed by atoms with van der Waals surface area (Å²) < 4.78 is 0. The van der Waals surface area contributed by atoms with Crippen molar-refractivity contribution >= 4 is 34.5 Å². The van der Waals surface area contributed by atoms with Gasteiger partial charge in [0, 0.05) is 60.3 Å². The molecule has 1 N–H and O–H groups in total. The zero-order valence-electron chi connectivity index (χ0n) is 19.0. The van der Waals surface area contributed by atoms with Crippen LogP contribution in [-0.4, -0.2) is 54.4 Å². The highest BCUT2D eigenvalue weighted by atomic mass is 16.1. The summed E-state index contributed by atoms with van der Waals surface area (Å²) in [4.78, 5) is 25.2. The minimum Gasteiger partial charge on any atom is -0.369 e. The van der Waals surface area contributed by atoms with Gasteiger partial charge in [-0.05, 0) is 43.3 Å². The van der Waals surface area contributed by atoms with Crippen molar-refractivity contribution < 1.29 is 4.79 Å². The number of benzene rings is 3. The third kappa shape index (κ3) is 4.43. The highest BCUT2D eigenvalue weighted by Crippen LogP contribution is 2.29. The van der Waals surface area contributed by atoms with Crippen molar-refractivity contribution in [1.29, 1.82) is 0 Å². The van der Waals surface area contributed by atoms with Crippen molar-refractivity contribution in [3.8, 4) is 11.1 Å². The first-order chi connectivity index (χ1) is 16.1. The molecule has 0 atom stereocenters. The fourth-order valence-electron chi connectivity index (χ4n) is 4.35. The first kappa shape index (κ1) is 21.1. The van der Waals surface area contributed by atoms with E-state index in [0.717, 1.165) is 60.2 Å². The summed E-state index contributed by atoms with van der Waals surface area (Å²) in [5, 5.41) is 4.35. The molecule has 1 aliphatic heterocycles. The number of para-hydroxylation sites is 1. The van der Waals surface area contributed by atoms with Crippen molar-refractivity contribution in [1.82, 2.24) is 14.9 Å². The van der Waals surface area contributed by atoms with E-state index < -0.39 is 0 Å². The Bertz CT molecular complexity index is 1290. The molecule has 1 fully saturated rings. The first-order valence-corrected chi connectivity index (χ1v) is 11.2. The van der Waals surface area contributed by atoms with Crippen molar-refractivity contribution in [2.45, 2.75) is 6.92 Å². The molecular formula is C27H27N5O. The molecule has 0 spiro atoms. The Morgan fingerprint density at radius 3 is 2.48 bits per heavy atom. The summed E-state index contributed by atoms with van der Waals surface area (Å²) in [6, 6.07) is 20.1. The van der Waals surface area contributed by atoms with Crippen LogP contribution >= 0.6 is 0 Å². The van der Waals surface area contributed by atoms with Gasteiger partial charge in [0.15, 0.2) is 0 Å². The summed E-state index contributed by atoms with van der Waals surface area (Å²) in [7, 11) is 2.17. The van der Waals surface area contributed by atoms with Crippen LogP contribution in [-0.2, 0) is 0 Å². The number of carbonyl (C=O) groups is 1. The van der Waals surface area contributed by atoms with Crippen LogP contribution in [0.25, 0.3) is 22.0 Å². The number of piperazine rings is 1. The SMILES string of the molecule is Cc1cc(Nc2ncc3cccc(-c4ccc(C=O)cc4)c3n2)ccc1N1CCN(C)CC1. The number of hydrogen-bond donors (Lipinski definition) is 1. The molecule has 0 bridgehead atoms. The number of anilines is 3. The molecule has 6 heteroatoms. The number of aryl methyl sites for hydroxylation is 1. The van der Waals surface area contributed by atoms with Gasteiger partial charge in [-0.15, -0.1) is 0 Å². The summed E-state index contributed by atoms with van der Waals surface area (Å²) in [6.45, 7) is 6.43. The fraction of sp³-hybridized carbons (Fsp3) is 0.222. The largest absolute Gasteiger partial charge is 0.369 e. The van der Waals surface area contributed by atoms with E-state index in [1.807, 2.05) is 48.7 Å². The highest BCUT2D eigenvalue weighted by molar-refractivity contribution is 5.94. The minimum absolute atomic E-state index is 0.561. The average molecular weight is 438 g/mol. The molecule has 1 aromatic heterocycles. The summed E-state index contributed by atoms with van der Waals surface area (Å²) in [6.07, 6.45) is 2.70. The Hall–Kier alpha value is -3.77. The fourth-order valence-corrected chi connectivity index (χ4v) is 4.35. The molecule has 3 aromatic carbocycles. The standard InChI is InChI=1S/C27H27N5O/c1-19-16-23(10-11-25(19)32-14-12-31(2)13-15-32)29-27-28-17-22-4-3-5-24(26(22)30-27)21-8-6-20(18-33)7-9-21/h3-11,16-18H,12-15H2,1-2H3,(H,28,29,30). The van der Waals surface area contributed by atoms with Gasteiger partial charge >= 0.3 is 0 Å². The molecule has 0 amide bonds. The second-order valence-electron chi connectivity index (χ2n) is 8.59.